The molecule has 1 nitrogen and oxygen atoms in total. The number of fused-ring (bicyclic) bond motifs is 1. The first-order valence-corrected chi connectivity index (χ1v) is 8.82. The second-order valence-corrected chi connectivity index (χ2v) is 8.42. The summed E-state index contributed by atoms with van der Waals surface area (Å²) in [6, 6.07) is 1.45. The molecule has 4 unspecified atom stereocenters. The Morgan fingerprint density at radius 3 is 2.42 bits per heavy atom. The minimum atomic E-state index is 0.499. The SMILES string of the molecule is BC1(C(C)C)CCCC2C(CC1)CC(S)N2C(C)C. The first-order valence-electron chi connectivity index (χ1n) is 8.30. The third-order valence-electron chi connectivity index (χ3n) is 6.11. The van der Waals surface area contributed by atoms with Gasteiger partial charge >= 0.3 is 0 Å². The topological polar surface area (TPSA) is 3.24 Å². The van der Waals surface area contributed by atoms with Gasteiger partial charge in [0.25, 0.3) is 0 Å². The van der Waals surface area contributed by atoms with Gasteiger partial charge in [0.05, 0.1) is 5.37 Å². The summed E-state index contributed by atoms with van der Waals surface area (Å²) < 4.78 is 0. The Labute approximate surface area is 126 Å². The average Bonchev–Trinajstić information content (AvgIpc) is 2.60. The molecule has 0 radical (unpaired) electrons. The van der Waals surface area contributed by atoms with Gasteiger partial charge in [-0.15, -0.1) is 0 Å². The van der Waals surface area contributed by atoms with Gasteiger partial charge in [-0.3, -0.25) is 4.90 Å². The van der Waals surface area contributed by atoms with E-state index in [0.29, 0.717) is 16.7 Å². The van der Waals surface area contributed by atoms with Gasteiger partial charge in [0.15, 0.2) is 0 Å². The molecule has 1 aliphatic carbocycles. The predicted octanol–water partition coefficient (Wildman–Crippen LogP) is 3.75. The lowest BCUT2D eigenvalue weighted by molar-refractivity contribution is 0.141. The van der Waals surface area contributed by atoms with E-state index in [0.717, 1.165) is 17.9 Å². The van der Waals surface area contributed by atoms with Crippen molar-refractivity contribution in [2.75, 3.05) is 0 Å². The Balaban J connectivity index is 2.08. The summed E-state index contributed by atoms with van der Waals surface area (Å²) in [6.45, 7) is 9.50. The lowest BCUT2D eigenvalue weighted by Crippen LogP contribution is -2.41. The van der Waals surface area contributed by atoms with E-state index >= 15 is 0 Å². The highest BCUT2D eigenvalue weighted by Gasteiger charge is 2.42. The zero-order valence-corrected chi connectivity index (χ0v) is 14.4. The highest BCUT2D eigenvalue weighted by Crippen LogP contribution is 2.49. The molecule has 2 fully saturated rings. The van der Waals surface area contributed by atoms with Crippen molar-refractivity contribution in [3.63, 3.8) is 0 Å². The minimum Gasteiger partial charge on any atom is -0.286 e. The number of nitrogens with zero attached hydrogens (tertiary/aromatic N) is 1. The monoisotopic (exact) mass is 281 g/mol. The Morgan fingerprint density at radius 1 is 1.16 bits per heavy atom. The van der Waals surface area contributed by atoms with Gasteiger partial charge in [0.1, 0.15) is 7.85 Å². The average molecular weight is 281 g/mol. The summed E-state index contributed by atoms with van der Waals surface area (Å²) in [4.78, 5) is 2.69. The first kappa shape index (κ1) is 15.8. The van der Waals surface area contributed by atoms with Crippen molar-refractivity contribution in [2.24, 2.45) is 11.8 Å². The lowest BCUT2D eigenvalue weighted by Gasteiger charge is -2.40. The van der Waals surface area contributed by atoms with Gasteiger partial charge in [-0.1, -0.05) is 38.4 Å². The molecule has 0 bridgehead atoms. The highest BCUT2D eigenvalue weighted by atomic mass is 32.1. The fourth-order valence-electron chi connectivity index (χ4n) is 4.37. The summed E-state index contributed by atoms with van der Waals surface area (Å²) >= 11 is 4.86. The molecule has 19 heavy (non-hydrogen) atoms. The summed E-state index contributed by atoms with van der Waals surface area (Å²) in [5.74, 6) is 1.71. The molecule has 2 rings (SSSR count). The number of hydrogen-bond acceptors (Lipinski definition) is 2. The molecule has 0 amide bonds. The molecule has 0 N–H and O–H groups in total. The molecule has 2 aliphatic rings. The Kier molecular flexibility index (Phi) is 4.99. The maximum Gasteiger partial charge on any atom is 0.109 e. The van der Waals surface area contributed by atoms with Crippen LogP contribution in [0.4, 0.5) is 0 Å². The third kappa shape index (κ3) is 3.18. The van der Waals surface area contributed by atoms with Gasteiger partial charge in [0.2, 0.25) is 0 Å². The van der Waals surface area contributed by atoms with Gasteiger partial charge < -0.3 is 0 Å². The van der Waals surface area contributed by atoms with Crippen molar-refractivity contribution < 1.29 is 0 Å². The first-order chi connectivity index (χ1) is 8.85. The molecule has 0 spiro atoms. The van der Waals surface area contributed by atoms with E-state index in [1.165, 1.54) is 38.5 Å². The quantitative estimate of drug-likeness (QED) is 0.596. The van der Waals surface area contributed by atoms with Crippen LogP contribution in [-0.2, 0) is 0 Å². The molecule has 1 aliphatic heterocycles. The van der Waals surface area contributed by atoms with Crippen LogP contribution in [0, 0.1) is 11.8 Å². The number of hydrogen-bond donors (Lipinski definition) is 1. The minimum absolute atomic E-state index is 0.499. The van der Waals surface area contributed by atoms with E-state index in [1.54, 1.807) is 0 Å². The Morgan fingerprint density at radius 2 is 1.84 bits per heavy atom. The summed E-state index contributed by atoms with van der Waals surface area (Å²) in [6.07, 6.45) is 8.34. The summed E-state index contributed by atoms with van der Waals surface area (Å²) in [7, 11) is 2.52. The van der Waals surface area contributed by atoms with Crippen LogP contribution >= 0.6 is 12.6 Å². The van der Waals surface area contributed by atoms with E-state index in [2.05, 4.69) is 40.4 Å². The van der Waals surface area contributed by atoms with Crippen molar-refractivity contribution in [1.29, 1.82) is 0 Å². The second-order valence-electron chi connectivity index (χ2n) is 7.82. The maximum absolute atomic E-state index is 4.86. The lowest BCUT2D eigenvalue weighted by atomic mass is 9.55. The van der Waals surface area contributed by atoms with Crippen LogP contribution in [-0.4, -0.2) is 30.2 Å². The summed E-state index contributed by atoms with van der Waals surface area (Å²) in [5.41, 5.74) is 0. The van der Waals surface area contributed by atoms with Crippen molar-refractivity contribution in [3.05, 3.63) is 0 Å². The van der Waals surface area contributed by atoms with Crippen molar-refractivity contribution in [1.82, 2.24) is 4.90 Å². The molecule has 1 heterocycles. The molecular formula is C16H32BNS. The van der Waals surface area contributed by atoms with Crippen LogP contribution in [0.25, 0.3) is 0 Å². The van der Waals surface area contributed by atoms with E-state index in [4.69, 9.17) is 12.6 Å². The highest BCUT2D eigenvalue weighted by molar-refractivity contribution is 7.80. The maximum atomic E-state index is 4.86. The van der Waals surface area contributed by atoms with Crippen LogP contribution in [0.2, 0.25) is 5.31 Å². The van der Waals surface area contributed by atoms with Crippen LogP contribution in [0.5, 0.6) is 0 Å². The normalized spacial score (nSPS) is 41.3. The number of likely N-dealkylation sites (tertiary alicyclic amines) is 1. The van der Waals surface area contributed by atoms with E-state index in [-0.39, 0.29) is 0 Å². The zero-order valence-electron chi connectivity index (χ0n) is 13.5. The van der Waals surface area contributed by atoms with Crippen molar-refractivity contribution in [3.8, 4) is 0 Å². The van der Waals surface area contributed by atoms with Gasteiger partial charge in [0, 0.05) is 12.1 Å². The number of rotatable bonds is 2. The van der Waals surface area contributed by atoms with Crippen molar-refractivity contribution in [2.45, 2.75) is 89.0 Å². The Bertz CT molecular complexity index is 307. The van der Waals surface area contributed by atoms with Crippen LogP contribution in [0.1, 0.15) is 66.2 Å². The van der Waals surface area contributed by atoms with Gasteiger partial charge in [-0.2, -0.15) is 12.6 Å². The molecule has 3 heteroatoms. The second kappa shape index (κ2) is 6.01. The standard InChI is InChI=1S/C16H32BNS/c1-11(2)16(17)8-5-6-14-13(7-9-16)10-15(19)18(14)12(3)4/h11-15,19H,5-10,17H2,1-4H3. The molecule has 0 aromatic heterocycles. The predicted molar refractivity (Wildman–Crippen MR) is 90.8 cm³/mol. The largest absolute Gasteiger partial charge is 0.286 e. The van der Waals surface area contributed by atoms with Crippen LogP contribution < -0.4 is 0 Å². The molecule has 4 atom stereocenters. The van der Waals surface area contributed by atoms with Gasteiger partial charge in [-0.05, 0) is 44.9 Å². The fraction of sp³-hybridized carbons (Fsp3) is 1.00. The molecule has 0 aromatic rings. The zero-order chi connectivity index (χ0) is 14.2. The fourth-order valence-corrected chi connectivity index (χ4v) is 5.08. The summed E-state index contributed by atoms with van der Waals surface area (Å²) in [5, 5.41) is 1.07. The molecular weight excluding hydrogens is 249 g/mol. The third-order valence-corrected chi connectivity index (χ3v) is 6.59. The van der Waals surface area contributed by atoms with Crippen LogP contribution in [0.3, 0.4) is 0 Å². The molecule has 0 aromatic carbocycles. The van der Waals surface area contributed by atoms with E-state index in [9.17, 15) is 0 Å². The number of thiol groups is 1. The van der Waals surface area contributed by atoms with Crippen LogP contribution in [0.15, 0.2) is 0 Å². The van der Waals surface area contributed by atoms with Gasteiger partial charge in [-0.25, -0.2) is 0 Å². The Hall–Kier alpha value is 0.375. The smallest absolute Gasteiger partial charge is 0.109 e. The molecule has 1 saturated heterocycles. The molecule has 1 saturated carbocycles. The molecule has 110 valence electrons. The van der Waals surface area contributed by atoms with Crippen molar-refractivity contribution >= 4 is 20.5 Å². The van der Waals surface area contributed by atoms with E-state index < -0.39 is 0 Å². The van der Waals surface area contributed by atoms with E-state index in [1.807, 2.05) is 0 Å².